The summed E-state index contributed by atoms with van der Waals surface area (Å²) in [4.78, 5) is 19.0. The molecule has 0 radical (unpaired) electrons. The Hall–Kier alpha value is -2.71. The first-order valence-corrected chi connectivity index (χ1v) is 6.40. The first-order valence-electron chi connectivity index (χ1n) is 6.40. The summed E-state index contributed by atoms with van der Waals surface area (Å²) >= 11 is 0. The maximum absolute atomic E-state index is 10.6. The van der Waals surface area contributed by atoms with Gasteiger partial charge in [-0.05, 0) is 13.8 Å². The molecule has 2 rings (SSSR count). The molecule has 0 aromatic carbocycles. The van der Waals surface area contributed by atoms with Crippen molar-refractivity contribution in [2.24, 2.45) is 0 Å². The second kappa shape index (κ2) is 6.64. The highest BCUT2D eigenvalue weighted by molar-refractivity contribution is 5.66. The van der Waals surface area contributed by atoms with E-state index in [9.17, 15) is 4.79 Å². The van der Waals surface area contributed by atoms with Gasteiger partial charge in [0, 0.05) is 11.8 Å². The topological polar surface area (TPSA) is 115 Å². The van der Waals surface area contributed by atoms with Crippen molar-refractivity contribution in [1.29, 1.82) is 0 Å². The summed E-state index contributed by atoms with van der Waals surface area (Å²) < 4.78 is 6.59. The Bertz CT molecular complexity index is 627. The minimum absolute atomic E-state index is 0.220. The Morgan fingerprint density at radius 2 is 2.29 bits per heavy atom. The maximum Gasteiger partial charge on any atom is 0.325 e. The van der Waals surface area contributed by atoms with Crippen LogP contribution in [0.2, 0.25) is 0 Å². The molecule has 0 saturated heterocycles. The standard InChI is InChI=1S/C12H16N6O3/c1-3-21-10-4-8(2)14-12(15-10)13-5-9-6-18(17-16-9)7-11(19)20/h4,6H,3,5,7H2,1-2H3,(H,19,20)(H,13,14,15). The number of nitrogens with zero attached hydrogens (tertiary/aromatic N) is 5. The lowest BCUT2D eigenvalue weighted by atomic mass is 10.4. The molecule has 0 aliphatic heterocycles. The fourth-order valence-electron chi connectivity index (χ4n) is 1.65. The zero-order valence-electron chi connectivity index (χ0n) is 11.8. The third-order valence-corrected chi connectivity index (χ3v) is 2.43. The molecule has 0 saturated carbocycles. The van der Waals surface area contributed by atoms with Gasteiger partial charge in [0.15, 0.2) is 0 Å². The minimum Gasteiger partial charge on any atom is -0.480 e. The first kappa shape index (κ1) is 14.7. The molecule has 0 unspecified atom stereocenters. The van der Waals surface area contributed by atoms with Crippen LogP contribution in [-0.4, -0.2) is 42.6 Å². The molecule has 0 aliphatic rings. The van der Waals surface area contributed by atoms with E-state index in [0.29, 0.717) is 30.7 Å². The number of carboxylic acids is 1. The number of aromatic nitrogens is 5. The van der Waals surface area contributed by atoms with Gasteiger partial charge in [-0.1, -0.05) is 5.21 Å². The van der Waals surface area contributed by atoms with Gasteiger partial charge in [0.05, 0.1) is 19.3 Å². The van der Waals surface area contributed by atoms with Crippen LogP contribution in [0.4, 0.5) is 5.95 Å². The largest absolute Gasteiger partial charge is 0.480 e. The quantitative estimate of drug-likeness (QED) is 0.756. The van der Waals surface area contributed by atoms with Gasteiger partial charge in [0.25, 0.3) is 0 Å². The highest BCUT2D eigenvalue weighted by atomic mass is 16.5. The molecular formula is C12H16N6O3. The SMILES string of the molecule is CCOc1cc(C)nc(NCc2cn(CC(=O)O)nn2)n1. The lowest BCUT2D eigenvalue weighted by molar-refractivity contribution is -0.137. The Morgan fingerprint density at radius 1 is 1.48 bits per heavy atom. The summed E-state index contributed by atoms with van der Waals surface area (Å²) in [5, 5.41) is 19.2. The summed E-state index contributed by atoms with van der Waals surface area (Å²) in [7, 11) is 0. The molecule has 9 heteroatoms. The van der Waals surface area contributed by atoms with Gasteiger partial charge in [0.2, 0.25) is 11.8 Å². The number of carboxylic acid groups (broad SMARTS) is 1. The van der Waals surface area contributed by atoms with Crippen LogP contribution in [0.15, 0.2) is 12.3 Å². The highest BCUT2D eigenvalue weighted by Gasteiger charge is 2.06. The number of carbonyl (C=O) groups is 1. The number of aliphatic carboxylic acids is 1. The van der Waals surface area contributed by atoms with E-state index < -0.39 is 5.97 Å². The minimum atomic E-state index is -0.970. The summed E-state index contributed by atoms with van der Waals surface area (Å²) in [5.74, 6) is -0.0453. The molecule has 0 bridgehead atoms. The normalized spacial score (nSPS) is 10.4. The van der Waals surface area contributed by atoms with Crippen LogP contribution in [0, 0.1) is 6.92 Å². The van der Waals surface area contributed by atoms with Gasteiger partial charge in [-0.3, -0.25) is 4.79 Å². The van der Waals surface area contributed by atoms with E-state index in [0.717, 1.165) is 5.69 Å². The second-order valence-corrected chi connectivity index (χ2v) is 4.26. The Labute approximate surface area is 121 Å². The van der Waals surface area contributed by atoms with Crippen LogP contribution < -0.4 is 10.1 Å². The van der Waals surface area contributed by atoms with E-state index in [4.69, 9.17) is 9.84 Å². The molecule has 2 aromatic rings. The van der Waals surface area contributed by atoms with E-state index in [1.807, 2.05) is 13.8 Å². The Morgan fingerprint density at radius 3 is 3.00 bits per heavy atom. The number of ether oxygens (including phenoxy) is 1. The average molecular weight is 292 g/mol. The van der Waals surface area contributed by atoms with Crippen molar-refractivity contribution in [3.8, 4) is 5.88 Å². The number of nitrogens with one attached hydrogen (secondary N) is 1. The van der Waals surface area contributed by atoms with Crippen molar-refractivity contribution in [2.45, 2.75) is 26.9 Å². The number of rotatable bonds is 7. The van der Waals surface area contributed by atoms with Gasteiger partial charge in [-0.15, -0.1) is 5.10 Å². The van der Waals surface area contributed by atoms with Crippen LogP contribution in [0.5, 0.6) is 5.88 Å². The fraction of sp³-hybridized carbons (Fsp3) is 0.417. The molecule has 0 atom stereocenters. The highest BCUT2D eigenvalue weighted by Crippen LogP contribution is 2.12. The summed E-state index contributed by atoms with van der Waals surface area (Å²) in [5.41, 5.74) is 1.38. The average Bonchev–Trinajstić information content (AvgIpc) is 2.83. The van der Waals surface area contributed by atoms with E-state index in [-0.39, 0.29) is 6.54 Å². The predicted molar refractivity (Wildman–Crippen MR) is 72.9 cm³/mol. The van der Waals surface area contributed by atoms with Crippen LogP contribution in [0.25, 0.3) is 0 Å². The maximum atomic E-state index is 10.6. The van der Waals surface area contributed by atoms with Gasteiger partial charge in [0.1, 0.15) is 12.2 Å². The van der Waals surface area contributed by atoms with E-state index in [1.165, 1.54) is 4.68 Å². The van der Waals surface area contributed by atoms with Crippen molar-refractivity contribution in [3.63, 3.8) is 0 Å². The van der Waals surface area contributed by atoms with E-state index in [1.54, 1.807) is 12.3 Å². The first-order chi connectivity index (χ1) is 10.1. The molecule has 0 amide bonds. The number of hydrogen-bond donors (Lipinski definition) is 2. The van der Waals surface area contributed by atoms with Crippen LogP contribution >= 0.6 is 0 Å². The van der Waals surface area contributed by atoms with Crippen molar-refractivity contribution in [3.05, 3.63) is 23.7 Å². The summed E-state index contributed by atoms with van der Waals surface area (Å²) in [6.45, 7) is 4.38. The van der Waals surface area contributed by atoms with Crippen molar-refractivity contribution in [1.82, 2.24) is 25.0 Å². The number of anilines is 1. The molecule has 2 N–H and O–H groups in total. The van der Waals surface area contributed by atoms with Crippen LogP contribution in [0.1, 0.15) is 18.3 Å². The Kier molecular flexibility index (Phi) is 4.64. The van der Waals surface area contributed by atoms with Crippen LogP contribution in [-0.2, 0) is 17.9 Å². The van der Waals surface area contributed by atoms with Gasteiger partial charge in [-0.25, -0.2) is 9.67 Å². The molecule has 0 fully saturated rings. The second-order valence-electron chi connectivity index (χ2n) is 4.26. The number of aryl methyl sites for hydroxylation is 1. The van der Waals surface area contributed by atoms with Crippen molar-refractivity contribution >= 4 is 11.9 Å². The van der Waals surface area contributed by atoms with E-state index >= 15 is 0 Å². The smallest absolute Gasteiger partial charge is 0.325 e. The molecule has 112 valence electrons. The predicted octanol–water partition coefficient (Wildman–Crippen LogP) is 0.472. The van der Waals surface area contributed by atoms with Gasteiger partial charge >= 0.3 is 5.97 Å². The summed E-state index contributed by atoms with van der Waals surface area (Å²) in [6, 6.07) is 1.75. The van der Waals surface area contributed by atoms with Crippen LogP contribution in [0.3, 0.4) is 0 Å². The Balaban J connectivity index is 1.99. The molecule has 0 spiro atoms. The van der Waals surface area contributed by atoms with Crippen molar-refractivity contribution in [2.75, 3.05) is 11.9 Å². The molecule has 21 heavy (non-hydrogen) atoms. The third-order valence-electron chi connectivity index (χ3n) is 2.43. The lowest BCUT2D eigenvalue weighted by Crippen LogP contribution is -2.09. The van der Waals surface area contributed by atoms with Gasteiger partial charge < -0.3 is 15.2 Å². The van der Waals surface area contributed by atoms with Crippen molar-refractivity contribution < 1.29 is 14.6 Å². The number of hydrogen-bond acceptors (Lipinski definition) is 7. The monoisotopic (exact) mass is 292 g/mol. The fourth-order valence-corrected chi connectivity index (χ4v) is 1.65. The molecule has 0 aliphatic carbocycles. The summed E-state index contributed by atoms with van der Waals surface area (Å²) in [6.07, 6.45) is 1.56. The molecule has 2 heterocycles. The molecule has 2 aromatic heterocycles. The molecule has 9 nitrogen and oxygen atoms in total. The third kappa shape index (κ3) is 4.41. The lowest BCUT2D eigenvalue weighted by Gasteiger charge is -2.07. The zero-order chi connectivity index (χ0) is 15.2. The van der Waals surface area contributed by atoms with Gasteiger partial charge in [-0.2, -0.15) is 4.98 Å². The zero-order valence-corrected chi connectivity index (χ0v) is 11.8. The molecular weight excluding hydrogens is 276 g/mol. The van der Waals surface area contributed by atoms with E-state index in [2.05, 4.69) is 25.6 Å².